The molecule has 24 heavy (non-hydrogen) atoms. The van der Waals surface area contributed by atoms with Crippen molar-refractivity contribution in [3.63, 3.8) is 0 Å². The highest BCUT2D eigenvalue weighted by Crippen LogP contribution is 2.15. The lowest BCUT2D eigenvalue weighted by Gasteiger charge is -2.05. The summed E-state index contributed by atoms with van der Waals surface area (Å²) < 4.78 is 23.7. The van der Waals surface area contributed by atoms with Crippen LogP contribution in [0.1, 0.15) is 29.7 Å². The molecule has 0 bridgehead atoms. The number of halogens is 2. The molecule has 1 heterocycles. The van der Waals surface area contributed by atoms with Crippen molar-refractivity contribution in [2.24, 2.45) is 0 Å². The molecule has 1 aromatic heterocycles. The van der Waals surface area contributed by atoms with E-state index in [0.29, 0.717) is 18.1 Å². The van der Waals surface area contributed by atoms with E-state index >= 15 is 0 Å². The molecule has 0 aliphatic heterocycles. The molecule has 7 heteroatoms. The molecule has 0 aliphatic rings. The normalized spacial score (nSPS) is 10.1. The van der Waals surface area contributed by atoms with E-state index in [1.807, 2.05) is 0 Å². The fraction of sp³-hybridized carbons (Fsp3) is 0.353. The second-order valence-electron chi connectivity index (χ2n) is 5.01. The van der Waals surface area contributed by atoms with E-state index in [0.717, 1.165) is 19.5 Å². The lowest BCUT2D eigenvalue weighted by molar-refractivity contribution is 0.0922. The molecular weight excluding hydrogens is 335 g/mol. The highest BCUT2D eigenvalue weighted by atomic mass is 35.5. The SMILES string of the molecule is CCCNCCNC(=O)c1ccc(COc2ccc(F)cc2)o1.Cl. The Labute approximate surface area is 147 Å². The first-order valence-corrected chi connectivity index (χ1v) is 7.65. The maximum absolute atomic E-state index is 12.8. The quantitative estimate of drug-likeness (QED) is 0.677. The number of hydrogen-bond donors (Lipinski definition) is 2. The third-order valence-corrected chi connectivity index (χ3v) is 3.09. The summed E-state index contributed by atoms with van der Waals surface area (Å²) in [5, 5.41) is 5.97. The van der Waals surface area contributed by atoms with E-state index in [1.165, 1.54) is 24.3 Å². The number of carbonyl (C=O) groups excluding carboxylic acids is 1. The third kappa shape index (κ3) is 6.60. The molecule has 0 fully saturated rings. The standard InChI is InChI=1S/C17H21FN2O3.ClH/c1-2-9-19-10-11-20-17(21)16-8-7-15(23-16)12-22-14-5-3-13(18)4-6-14;/h3-8,19H,2,9-12H2,1H3,(H,20,21);1H. The summed E-state index contributed by atoms with van der Waals surface area (Å²) in [4.78, 5) is 11.9. The largest absolute Gasteiger partial charge is 0.486 e. The molecule has 0 saturated carbocycles. The summed E-state index contributed by atoms with van der Waals surface area (Å²) in [5.74, 6) is 0.747. The maximum atomic E-state index is 12.8. The average molecular weight is 357 g/mol. The third-order valence-electron chi connectivity index (χ3n) is 3.09. The van der Waals surface area contributed by atoms with Gasteiger partial charge in [-0.25, -0.2) is 4.39 Å². The van der Waals surface area contributed by atoms with Crippen LogP contribution in [0.4, 0.5) is 4.39 Å². The van der Waals surface area contributed by atoms with Gasteiger partial charge in [0.05, 0.1) is 0 Å². The Bertz CT molecular complexity index is 617. The van der Waals surface area contributed by atoms with Gasteiger partial charge < -0.3 is 19.8 Å². The van der Waals surface area contributed by atoms with Crippen LogP contribution in [0.2, 0.25) is 0 Å². The van der Waals surface area contributed by atoms with Gasteiger partial charge in [0.25, 0.3) is 5.91 Å². The second kappa shape index (κ2) is 10.7. The molecule has 0 radical (unpaired) electrons. The minimum atomic E-state index is -0.317. The Hall–Kier alpha value is -2.05. The molecule has 2 rings (SSSR count). The first-order chi connectivity index (χ1) is 11.2. The van der Waals surface area contributed by atoms with Gasteiger partial charge in [0.2, 0.25) is 0 Å². The molecule has 132 valence electrons. The van der Waals surface area contributed by atoms with E-state index in [1.54, 1.807) is 12.1 Å². The smallest absolute Gasteiger partial charge is 0.287 e. The van der Waals surface area contributed by atoms with Crippen LogP contribution in [-0.2, 0) is 6.61 Å². The molecular formula is C17H22ClFN2O3. The first kappa shape index (κ1) is 20.0. The zero-order valence-electron chi connectivity index (χ0n) is 13.5. The predicted octanol–water partition coefficient (Wildman–Crippen LogP) is 3.15. The Morgan fingerprint density at radius 3 is 2.58 bits per heavy atom. The molecule has 5 nitrogen and oxygen atoms in total. The fourth-order valence-electron chi connectivity index (χ4n) is 1.92. The number of carbonyl (C=O) groups is 1. The lowest BCUT2D eigenvalue weighted by atomic mass is 10.3. The molecule has 2 aromatic rings. The van der Waals surface area contributed by atoms with Crippen LogP contribution in [0.5, 0.6) is 5.75 Å². The number of nitrogens with one attached hydrogen (secondary N) is 2. The Kier molecular flexibility index (Phi) is 8.89. The van der Waals surface area contributed by atoms with Gasteiger partial charge in [-0.2, -0.15) is 0 Å². The summed E-state index contributed by atoms with van der Waals surface area (Å²) in [6.45, 7) is 4.46. The fourth-order valence-corrected chi connectivity index (χ4v) is 1.92. The van der Waals surface area contributed by atoms with Crippen molar-refractivity contribution in [3.8, 4) is 5.75 Å². The molecule has 0 unspecified atom stereocenters. The van der Waals surface area contributed by atoms with E-state index in [9.17, 15) is 9.18 Å². The average Bonchev–Trinajstić information content (AvgIpc) is 3.03. The minimum Gasteiger partial charge on any atom is -0.486 e. The molecule has 0 spiro atoms. The van der Waals surface area contributed by atoms with Gasteiger partial charge in [-0.3, -0.25) is 4.79 Å². The minimum absolute atomic E-state index is 0. The number of hydrogen-bond acceptors (Lipinski definition) is 4. The van der Waals surface area contributed by atoms with Gasteiger partial charge in [-0.05, 0) is 49.4 Å². The monoisotopic (exact) mass is 356 g/mol. The van der Waals surface area contributed by atoms with Crippen LogP contribution in [0.15, 0.2) is 40.8 Å². The summed E-state index contributed by atoms with van der Waals surface area (Å²) in [6, 6.07) is 9.02. The van der Waals surface area contributed by atoms with Crippen molar-refractivity contribution < 1.29 is 18.3 Å². The van der Waals surface area contributed by atoms with Crippen molar-refractivity contribution in [1.82, 2.24) is 10.6 Å². The zero-order chi connectivity index (χ0) is 16.5. The summed E-state index contributed by atoms with van der Waals surface area (Å²) in [5.41, 5.74) is 0. The number of amides is 1. The Morgan fingerprint density at radius 1 is 1.12 bits per heavy atom. The predicted molar refractivity (Wildman–Crippen MR) is 92.2 cm³/mol. The zero-order valence-corrected chi connectivity index (χ0v) is 14.3. The van der Waals surface area contributed by atoms with Crippen molar-refractivity contribution in [3.05, 3.63) is 53.7 Å². The van der Waals surface area contributed by atoms with Crippen LogP contribution < -0.4 is 15.4 Å². The van der Waals surface area contributed by atoms with Crippen molar-refractivity contribution in [1.29, 1.82) is 0 Å². The van der Waals surface area contributed by atoms with E-state index in [2.05, 4.69) is 17.6 Å². The topological polar surface area (TPSA) is 63.5 Å². The molecule has 0 atom stereocenters. The van der Waals surface area contributed by atoms with Crippen LogP contribution in [0.25, 0.3) is 0 Å². The van der Waals surface area contributed by atoms with Crippen molar-refractivity contribution in [2.75, 3.05) is 19.6 Å². The Balaban J connectivity index is 0.00000288. The number of ether oxygens (including phenoxy) is 1. The highest BCUT2D eigenvalue weighted by Gasteiger charge is 2.10. The number of rotatable bonds is 9. The van der Waals surface area contributed by atoms with E-state index in [4.69, 9.17) is 9.15 Å². The van der Waals surface area contributed by atoms with Gasteiger partial charge in [0, 0.05) is 13.1 Å². The van der Waals surface area contributed by atoms with Crippen LogP contribution in [-0.4, -0.2) is 25.5 Å². The molecule has 1 amide bonds. The summed E-state index contributed by atoms with van der Waals surface area (Å²) in [7, 11) is 0. The number of furan rings is 1. The van der Waals surface area contributed by atoms with E-state index < -0.39 is 0 Å². The number of benzene rings is 1. The molecule has 0 saturated heterocycles. The van der Waals surface area contributed by atoms with E-state index in [-0.39, 0.29) is 36.5 Å². The van der Waals surface area contributed by atoms with Crippen molar-refractivity contribution in [2.45, 2.75) is 20.0 Å². The van der Waals surface area contributed by atoms with Gasteiger partial charge in [0.15, 0.2) is 5.76 Å². The van der Waals surface area contributed by atoms with Crippen LogP contribution in [0, 0.1) is 5.82 Å². The molecule has 2 N–H and O–H groups in total. The van der Waals surface area contributed by atoms with Gasteiger partial charge in [-0.1, -0.05) is 6.92 Å². The Morgan fingerprint density at radius 2 is 1.88 bits per heavy atom. The maximum Gasteiger partial charge on any atom is 0.287 e. The first-order valence-electron chi connectivity index (χ1n) is 7.65. The van der Waals surface area contributed by atoms with Crippen molar-refractivity contribution >= 4 is 18.3 Å². The summed E-state index contributed by atoms with van der Waals surface area (Å²) in [6.07, 6.45) is 1.06. The van der Waals surface area contributed by atoms with Crippen LogP contribution >= 0.6 is 12.4 Å². The summed E-state index contributed by atoms with van der Waals surface area (Å²) >= 11 is 0. The lowest BCUT2D eigenvalue weighted by Crippen LogP contribution is -2.31. The van der Waals surface area contributed by atoms with Crippen LogP contribution in [0.3, 0.4) is 0 Å². The molecule has 0 aliphatic carbocycles. The second-order valence-corrected chi connectivity index (χ2v) is 5.01. The highest BCUT2D eigenvalue weighted by molar-refractivity contribution is 5.91. The van der Waals surface area contributed by atoms with Gasteiger partial charge in [-0.15, -0.1) is 12.4 Å². The van der Waals surface area contributed by atoms with Gasteiger partial charge in [0.1, 0.15) is 23.9 Å². The van der Waals surface area contributed by atoms with Gasteiger partial charge >= 0.3 is 0 Å². The molecule has 1 aromatic carbocycles.